The number of allylic oxidation sites excluding steroid dienone is 3. The van der Waals surface area contributed by atoms with Gasteiger partial charge in [0.25, 0.3) is 0 Å². The van der Waals surface area contributed by atoms with E-state index in [9.17, 15) is 9.90 Å². The molecule has 204 valence electrons. The van der Waals surface area contributed by atoms with Crippen LogP contribution < -0.4 is 0 Å². The van der Waals surface area contributed by atoms with E-state index in [4.69, 9.17) is 4.74 Å². The van der Waals surface area contributed by atoms with Gasteiger partial charge in [0.1, 0.15) is 6.10 Å². The average Bonchev–Trinajstić information content (AvgIpc) is 3.23. The zero-order valence-corrected chi connectivity index (χ0v) is 26.2. The van der Waals surface area contributed by atoms with Crippen LogP contribution in [0.15, 0.2) is 23.8 Å². The van der Waals surface area contributed by atoms with Gasteiger partial charge < -0.3 is 9.84 Å². The molecule has 0 radical (unpaired) electrons. The Bertz CT molecular complexity index is 853. The SMILES string of the molecule is CC[C@@H](/C=C/[C@@H](C)[C@H]1CC[C@H]2[C@@H]3CC=C4C[C@H](O)CC(OC(C)=O)[C@@]4(CBr)[C@H]3CC[C@@]12CBr)C(C)C. The van der Waals surface area contributed by atoms with Crippen LogP contribution in [0.25, 0.3) is 0 Å². The number of fused-ring (bicyclic) bond motifs is 5. The maximum Gasteiger partial charge on any atom is 0.302 e. The lowest BCUT2D eigenvalue weighted by Crippen LogP contribution is -2.59. The summed E-state index contributed by atoms with van der Waals surface area (Å²) in [5.74, 6) is 4.25. The Morgan fingerprint density at radius 1 is 1.17 bits per heavy atom. The highest BCUT2D eigenvalue weighted by Crippen LogP contribution is 2.68. The Balaban J connectivity index is 1.64. The fourth-order valence-electron chi connectivity index (χ4n) is 9.28. The minimum absolute atomic E-state index is 0.179. The summed E-state index contributed by atoms with van der Waals surface area (Å²) < 4.78 is 5.99. The first-order valence-corrected chi connectivity index (χ1v) is 16.7. The molecule has 36 heavy (non-hydrogen) atoms. The van der Waals surface area contributed by atoms with Crippen molar-refractivity contribution in [3.05, 3.63) is 23.8 Å². The number of alkyl halides is 2. The molecular weight excluding hydrogens is 580 g/mol. The standard InChI is InChI=1S/C31H48Br2O3/c1-6-22(19(2)3)8-7-20(4)26-11-12-27-25-10-9-23-15-24(35)16-29(36-21(5)34)31(23,18-33)28(25)13-14-30(26,27)17-32/h7-9,19-20,22,24-29,35H,6,10-18H2,1-5H3/b8-7+/t20-,22+,24+,25+,26-,27+,28+,29?,30-,31-/m1/s1. The van der Waals surface area contributed by atoms with E-state index in [1.54, 1.807) is 0 Å². The molecule has 0 aromatic rings. The number of hydrogen-bond acceptors (Lipinski definition) is 3. The van der Waals surface area contributed by atoms with Gasteiger partial charge in [-0.2, -0.15) is 0 Å². The summed E-state index contributed by atoms with van der Waals surface area (Å²) in [6, 6.07) is 0. The van der Waals surface area contributed by atoms with Crippen molar-refractivity contribution in [2.24, 2.45) is 52.3 Å². The first kappa shape index (κ1) is 28.9. The maximum atomic E-state index is 12.1. The van der Waals surface area contributed by atoms with Crippen molar-refractivity contribution in [2.45, 2.75) is 98.2 Å². The molecular formula is C31H48Br2O3. The van der Waals surface area contributed by atoms with Gasteiger partial charge in [0.15, 0.2) is 0 Å². The van der Waals surface area contributed by atoms with Gasteiger partial charge in [-0.1, -0.05) is 83.4 Å². The second-order valence-corrected chi connectivity index (χ2v) is 14.0. The fraction of sp³-hybridized carbons (Fsp3) is 0.839. The molecule has 0 bridgehead atoms. The predicted octanol–water partition coefficient (Wildman–Crippen LogP) is 8.09. The van der Waals surface area contributed by atoms with Crippen molar-refractivity contribution in [3.8, 4) is 0 Å². The van der Waals surface area contributed by atoms with Gasteiger partial charge in [0.05, 0.1) is 6.10 Å². The van der Waals surface area contributed by atoms with Gasteiger partial charge in [0.2, 0.25) is 0 Å². The van der Waals surface area contributed by atoms with Crippen LogP contribution in [0.2, 0.25) is 0 Å². The Hall–Kier alpha value is -0.130. The molecule has 4 rings (SSSR count). The summed E-state index contributed by atoms with van der Waals surface area (Å²) in [5, 5.41) is 12.5. The van der Waals surface area contributed by atoms with E-state index < -0.39 is 6.10 Å². The second kappa shape index (κ2) is 11.5. The van der Waals surface area contributed by atoms with Gasteiger partial charge in [-0.3, -0.25) is 4.79 Å². The quantitative estimate of drug-likeness (QED) is 0.168. The van der Waals surface area contributed by atoms with Crippen LogP contribution in [0.3, 0.4) is 0 Å². The van der Waals surface area contributed by atoms with Crippen LogP contribution in [0.4, 0.5) is 0 Å². The van der Waals surface area contributed by atoms with Crippen LogP contribution in [-0.2, 0) is 9.53 Å². The molecule has 0 heterocycles. The molecule has 0 saturated heterocycles. The number of esters is 1. The monoisotopic (exact) mass is 626 g/mol. The molecule has 0 spiro atoms. The van der Waals surface area contributed by atoms with Gasteiger partial charge >= 0.3 is 5.97 Å². The number of halogens is 2. The van der Waals surface area contributed by atoms with Crippen molar-refractivity contribution >= 4 is 37.8 Å². The van der Waals surface area contributed by atoms with Gasteiger partial charge in [-0.25, -0.2) is 0 Å². The number of carbonyl (C=O) groups is 1. The van der Waals surface area contributed by atoms with Crippen molar-refractivity contribution in [1.82, 2.24) is 0 Å². The Morgan fingerprint density at radius 3 is 2.53 bits per heavy atom. The summed E-state index contributed by atoms with van der Waals surface area (Å²) in [4.78, 5) is 12.1. The lowest BCUT2D eigenvalue weighted by Gasteiger charge is -2.61. The zero-order valence-electron chi connectivity index (χ0n) is 23.0. The summed E-state index contributed by atoms with van der Waals surface area (Å²) in [6.45, 7) is 11.0. The third-order valence-electron chi connectivity index (χ3n) is 11.0. The molecule has 3 saturated carbocycles. The molecule has 4 aliphatic rings. The van der Waals surface area contributed by atoms with Gasteiger partial charge in [0, 0.05) is 29.4 Å². The Labute approximate surface area is 236 Å². The fourth-order valence-corrected chi connectivity index (χ4v) is 11.5. The average molecular weight is 629 g/mol. The van der Waals surface area contributed by atoms with Gasteiger partial charge in [-0.05, 0) is 91.8 Å². The van der Waals surface area contributed by atoms with E-state index in [0.29, 0.717) is 53.3 Å². The maximum absolute atomic E-state index is 12.1. The summed E-state index contributed by atoms with van der Waals surface area (Å²) in [5.41, 5.74) is 1.50. The highest BCUT2D eigenvalue weighted by molar-refractivity contribution is 9.09. The van der Waals surface area contributed by atoms with Gasteiger partial charge in [-0.15, -0.1) is 0 Å². The number of aliphatic hydroxyl groups excluding tert-OH is 1. The molecule has 0 aromatic heterocycles. The van der Waals surface area contributed by atoms with Crippen molar-refractivity contribution in [1.29, 1.82) is 0 Å². The minimum Gasteiger partial charge on any atom is -0.461 e. The van der Waals surface area contributed by atoms with E-state index in [1.807, 2.05) is 0 Å². The third kappa shape index (κ3) is 4.85. The van der Waals surface area contributed by atoms with Crippen molar-refractivity contribution in [3.63, 3.8) is 0 Å². The highest BCUT2D eigenvalue weighted by atomic mass is 79.9. The van der Waals surface area contributed by atoms with E-state index in [2.05, 4.69) is 77.8 Å². The molecule has 1 unspecified atom stereocenters. The van der Waals surface area contributed by atoms with E-state index >= 15 is 0 Å². The van der Waals surface area contributed by atoms with Crippen LogP contribution >= 0.6 is 31.9 Å². The summed E-state index contributed by atoms with van der Waals surface area (Å²) >= 11 is 7.97. The summed E-state index contributed by atoms with van der Waals surface area (Å²) in [7, 11) is 0. The number of hydrogen-bond donors (Lipinski definition) is 1. The third-order valence-corrected chi connectivity index (χ3v) is 13.0. The smallest absolute Gasteiger partial charge is 0.302 e. The number of aliphatic hydroxyl groups is 1. The molecule has 0 aliphatic heterocycles. The van der Waals surface area contributed by atoms with Crippen LogP contribution in [0.1, 0.15) is 86.0 Å². The predicted molar refractivity (Wildman–Crippen MR) is 155 cm³/mol. The largest absolute Gasteiger partial charge is 0.461 e. The molecule has 1 N–H and O–H groups in total. The van der Waals surface area contributed by atoms with Crippen molar-refractivity contribution in [2.75, 3.05) is 10.7 Å². The molecule has 10 atom stereocenters. The number of carbonyl (C=O) groups excluding carboxylic acids is 1. The van der Waals surface area contributed by atoms with E-state index in [0.717, 1.165) is 23.5 Å². The Morgan fingerprint density at radius 2 is 1.92 bits per heavy atom. The second-order valence-electron chi connectivity index (χ2n) is 12.9. The van der Waals surface area contributed by atoms with E-state index in [-0.39, 0.29) is 17.5 Å². The molecule has 0 amide bonds. The minimum atomic E-state index is -0.421. The molecule has 5 heteroatoms. The summed E-state index contributed by atoms with van der Waals surface area (Å²) in [6.07, 6.45) is 15.5. The molecule has 3 nitrogen and oxygen atoms in total. The van der Waals surface area contributed by atoms with Crippen molar-refractivity contribution < 1.29 is 14.6 Å². The topological polar surface area (TPSA) is 46.5 Å². The number of rotatable bonds is 8. The van der Waals surface area contributed by atoms with Crippen LogP contribution in [0.5, 0.6) is 0 Å². The van der Waals surface area contributed by atoms with Crippen LogP contribution in [-0.4, -0.2) is 33.9 Å². The van der Waals surface area contributed by atoms with Crippen LogP contribution in [0, 0.1) is 52.3 Å². The first-order chi connectivity index (χ1) is 17.1. The lowest BCUT2D eigenvalue weighted by molar-refractivity contribution is -0.165. The first-order valence-electron chi connectivity index (χ1n) is 14.5. The normalized spacial score (nSPS) is 41.9. The Kier molecular flexibility index (Phi) is 9.26. The van der Waals surface area contributed by atoms with E-state index in [1.165, 1.54) is 44.6 Å². The molecule has 3 fully saturated rings. The molecule has 0 aromatic carbocycles. The lowest BCUT2D eigenvalue weighted by atomic mass is 9.46. The zero-order chi connectivity index (χ0) is 26.3. The number of ether oxygens (including phenoxy) is 1. The molecule has 4 aliphatic carbocycles. The highest BCUT2D eigenvalue weighted by Gasteiger charge is 2.63.